The first kappa shape index (κ1) is 12.9. The number of rotatable bonds is 5. The zero-order valence-corrected chi connectivity index (χ0v) is 11.8. The molecular weight excluding hydrogens is 292 g/mol. The number of aryl methyl sites for hydroxylation is 1. The van der Waals surface area contributed by atoms with Crippen molar-refractivity contribution in [1.29, 1.82) is 0 Å². The van der Waals surface area contributed by atoms with Crippen molar-refractivity contribution in [1.82, 2.24) is 4.98 Å². The van der Waals surface area contributed by atoms with E-state index < -0.39 is 0 Å². The van der Waals surface area contributed by atoms with E-state index >= 15 is 0 Å². The summed E-state index contributed by atoms with van der Waals surface area (Å²) in [5.41, 5.74) is 1.20. The van der Waals surface area contributed by atoms with Crippen LogP contribution in [0.5, 0.6) is 5.75 Å². The molecule has 0 aliphatic heterocycles. The van der Waals surface area contributed by atoms with Crippen LogP contribution in [0.2, 0.25) is 0 Å². The van der Waals surface area contributed by atoms with E-state index in [-0.39, 0.29) is 0 Å². The van der Waals surface area contributed by atoms with Gasteiger partial charge in [0.2, 0.25) is 0 Å². The summed E-state index contributed by atoms with van der Waals surface area (Å²) in [5.74, 6) is 1.74. The molecule has 94 valence electrons. The lowest BCUT2D eigenvalue weighted by Crippen LogP contribution is -2.12. The maximum absolute atomic E-state index is 5.64. The standard InChI is InChI=1S/C14H15BrN2O/c1-11-4-2-5-12(10-11)18-9-8-17-14-13(15)6-3-7-16-14/h2-7,10H,8-9H2,1H3,(H,16,17). The molecule has 0 atom stereocenters. The molecule has 4 heteroatoms. The second kappa shape index (κ2) is 6.40. The molecule has 1 N–H and O–H groups in total. The second-order valence-corrected chi connectivity index (χ2v) is 4.78. The largest absolute Gasteiger partial charge is 0.492 e. The number of ether oxygens (including phenoxy) is 1. The van der Waals surface area contributed by atoms with E-state index in [1.54, 1.807) is 6.20 Å². The van der Waals surface area contributed by atoms with E-state index in [2.05, 4.69) is 39.2 Å². The Hall–Kier alpha value is -1.55. The van der Waals surface area contributed by atoms with Gasteiger partial charge >= 0.3 is 0 Å². The Morgan fingerprint density at radius 1 is 1.28 bits per heavy atom. The first-order valence-electron chi connectivity index (χ1n) is 5.79. The molecule has 0 unspecified atom stereocenters. The number of nitrogens with zero attached hydrogens (tertiary/aromatic N) is 1. The van der Waals surface area contributed by atoms with Crippen LogP contribution in [0.15, 0.2) is 47.1 Å². The molecule has 1 aromatic carbocycles. The molecule has 0 radical (unpaired) electrons. The van der Waals surface area contributed by atoms with Gasteiger partial charge < -0.3 is 10.1 Å². The maximum atomic E-state index is 5.64. The third kappa shape index (κ3) is 3.74. The van der Waals surface area contributed by atoms with E-state index in [4.69, 9.17) is 4.74 Å². The van der Waals surface area contributed by atoms with Crippen molar-refractivity contribution < 1.29 is 4.74 Å². The van der Waals surface area contributed by atoms with Gasteiger partial charge in [0.05, 0.1) is 11.0 Å². The van der Waals surface area contributed by atoms with Crippen molar-refractivity contribution in [2.75, 3.05) is 18.5 Å². The van der Waals surface area contributed by atoms with E-state index in [0.29, 0.717) is 13.2 Å². The minimum absolute atomic E-state index is 0.604. The molecule has 0 fully saturated rings. The van der Waals surface area contributed by atoms with Gasteiger partial charge in [0.1, 0.15) is 18.2 Å². The molecular formula is C14H15BrN2O. The number of nitrogens with one attached hydrogen (secondary N) is 1. The summed E-state index contributed by atoms with van der Waals surface area (Å²) in [7, 11) is 0. The minimum atomic E-state index is 0.604. The maximum Gasteiger partial charge on any atom is 0.140 e. The van der Waals surface area contributed by atoms with Crippen molar-refractivity contribution in [2.24, 2.45) is 0 Å². The van der Waals surface area contributed by atoms with Crippen molar-refractivity contribution in [2.45, 2.75) is 6.92 Å². The monoisotopic (exact) mass is 306 g/mol. The van der Waals surface area contributed by atoms with Crippen molar-refractivity contribution >= 4 is 21.7 Å². The van der Waals surface area contributed by atoms with Gasteiger partial charge in [-0.25, -0.2) is 4.98 Å². The quantitative estimate of drug-likeness (QED) is 0.856. The number of anilines is 1. The number of benzene rings is 1. The number of hydrogen-bond acceptors (Lipinski definition) is 3. The molecule has 0 saturated heterocycles. The van der Waals surface area contributed by atoms with Crippen molar-refractivity contribution in [3.8, 4) is 5.75 Å². The normalized spacial score (nSPS) is 10.1. The topological polar surface area (TPSA) is 34.1 Å². The molecule has 1 aromatic heterocycles. The van der Waals surface area contributed by atoms with Gasteiger partial charge in [-0.3, -0.25) is 0 Å². The molecule has 2 rings (SSSR count). The Morgan fingerprint density at radius 2 is 2.17 bits per heavy atom. The molecule has 0 spiro atoms. The van der Waals surface area contributed by atoms with E-state index in [1.807, 2.05) is 30.3 Å². The number of pyridine rings is 1. The predicted octanol–water partition coefficient (Wildman–Crippen LogP) is 3.64. The van der Waals surface area contributed by atoms with Crippen LogP contribution in [0.1, 0.15) is 5.56 Å². The Labute approximate surface area is 115 Å². The first-order valence-corrected chi connectivity index (χ1v) is 6.59. The number of hydrogen-bond donors (Lipinski definition) is 1. The van der Waals surface area contributed by atoms with Crippen molar-refractivity contribution in [3.63, 3.8) is 0 Å². The zero-order chi connectivity index (χ0) is 12.8. The third-order valence-corrected chi connectivity index (χ3v) is 3.05. The zero-order valence-electron chi connectivity index (χ0n) is 10.2. The molecule has 1 heterocycles. The fourth-order valence-corrected chi connectivity index (χ4v) is 1.95. The van der Waals surface area contributed by atoms with Crippen LogP contribution < -0.4 is 10.1 Å². The highest BCUT2D eigenvalue weighted by molar-refractivity contribution is 9.10. The summed E-state index contributed by atoms with van der Waals surface area (Å²) in [6.45, 7) is 3.37. The lowest BCUT2D eigenvalue weighted by atomic mass is 10.2. The highest BCUT2D eigenvalue weighted by Gasteiger charge is 1.99. The van der Waals surface area contributed by atoms with Gasteiger partial charge in [-0.1, -0.05) is 12.1 Å². The molecule has 2 aromatic rings. The highest BCUT2D eigenvalue weighted by Crippen LogP contribution is 2.18. The van der Waals surface area contributed by atoms with Gasteiger partial charge in [0, 0.05) is 6.20 Å². The van der Waals surface area contributed by atoms with Crippen LogP contribution in [0, 0.1) is 6.92 Å². The fourth-order valence-electron chi connectivity index (χ4n) is 1.56. The summed E-state index contributed by atoms with van der Waals surface area (Å²) in [5, 5.41) is 3.21. The van der Waals surface area contributed by atoms with Gasteiger partial charge in [0.25, 0.3) is 0 Å². The van der Waals surface area contributed by atoms with Crippen LogP contribution in [0.4, 0.5) is 5.82 Å². The molecule has 3 nitrogen and oxygen atoms in total. The van der Waals surface area contributed by atoms with Gasteiger partial charge in [-0.05, 0) is 52.7 Å². The van der Waals surface area contributed by atoms with Gasteiger partial charge in [0.15, 0.2) is 0 Å². The molecule has 0 saturated carbocycles. The molecule has 0 aliphatic carbocycles. The third-order valence-electron chi connectivity index (χ3n) is 2.41. The van der Waals surface area contributed by atoms with E-state index in [9.17, 15) is 0 Å². The van der Waals surface area contributed by atoms with Gasteiger partial charge in [-0.15, -0.1) is 0 Å². The van der Waals surface area contributed by atoms with Crippen LogP contribution in [-0.4, -0.2) is 18.1 Å². The summed E-state index contributed by atoms with van der Waals surface area (Å²) >= 11 is 3.44. The predicted molar refractivity (Wildman–Crippen MR) is 77.1 cm³/mol. The highest BCUT2D eigenvalue weighted by atomic mass is 79.9. The Bertz CT molecular complexity index is 517. The molecule has 0 amide bonds. The smallest absolute Gasteiger partial charge is 0.140 e. The summed E-state index contributed by atoms with van der Waals surface area (Å²) in [4.78, 5) is 4.22. The summed E-state index contributed by atoms with van der Waals surface area (Å²) in [6, 6.07) is 11.9. The molecule has 18 heavy (non-hydrogen) atoms. The van der Waals surface area contributed by atoms with Crippen molar-refractivity contribution in [3.05, 3.63) is 52.6 Å². The number of halogens is 1. The summed E-state index contributed by atoms with van der Waals surface area (Å²) < 4.78 is 6.60. The van der Waals surface area contributed by atoms with Crippen LogP contribution in [0.25, 0.3) is 0 Å². The Balaban J connectivity index is 1.78. The summed E-state index contributed by atoms with van der Waals surface area (Å²) in [6.07, 6.45) is 1.76. The molecule has 0 bridgehead atoms. The lowest BCUT2D eigenvalue weighted by molar-refractivity contribution is 0.332. The van der Waals surface area contributed by atoms with Gasteiger partial charge in [-0.2, -0.15) is 0 Å². The van der Waals surface area contributed by atoms with Crippen LogP contribution in [-0.2, 0) is 0 Å². The lowest BCUT2D eigenvalue weighted by Gasteiger charge is -2.09. The second-order valence-electron chi connectivity index (χ2n) is 3.93. The number of aromatic nitrogens is 1. The average molecular weight is 307 g/mol. The van der Waals surface area contributed by atoms with Crippen LogP contribution in [0.3, 0.4) is 0 Å². The van der Waals surface area contributed by atoms with E-state index in [1.165, 1.54) is 5.56 Å². The Morgan fingerprint density at radius 3 is 2.94 bits per heavy atom. The SMILES string of the molecule is Cc1cccc(OCCNc2ncccc2Br)c1. The molecule has 0 aliphatic rings. The van der Waals surface area contributed by atoms with Crippen LogP contribution >= 0.6 is 15.9 Å². The Kier molecular flexibility index (Phi) is 4.59. The average Bonchev–Trinajstić information content (AvgIpc) is 2.37. The first-order chi connectivity index (χ1) is 8.75. The fraction of sp³-hybridized carbons (Fsp3) is 0.214. The minimum Gasteiger partial charge on any atom is -0.492 e. The van der Waals surface area contributed by atoms with E-state index in [0.717, 1.165) is 16.0 Å².